The van der Waals surface area contributed by atoms with Gasteiger partial charge >= 0.3 is 0 Å². The van der Waals surface area contributed by atoms with Gasteiger partial charge in [0, 0.05) is 53.4 Å². The molecule has 0 aliphatic carbocycles. The van der Waals surface area contributed by atoms with Gasteiger partial charge in [0.25, 0.3) is 10.2 Å². The predicted octanol–water partition coefficient (Wildman–Crippen LogP) is -1.71. The van der Waals surface area contributed by atoms with Crippen LogP contribution in [0.2, 0.25) is 0 Å². The SMILES string of the molecule is CNS(=O)(=O)N(C)CCN1CCNCC1. The van der Waals surface area contributed by atoms with Crippen molar-refractivity contribution in [1.82, 2.24) is 19.2 Å². The monoisotopic (exact) mass is 236 g/mol. The molecule has 0 spiro atoms. The lowest BCUT2D eigenvalue weighted by molar-refractivity contribution is 0.229. The van der Waals surface area contributed by atoms with Crippen molar-refractivity contribution in [3.05, 3.63) is 0 Å². The van der Waals surface area contributed by atoms with Crippen LogP contribution in [0.25, 0.3) is 0 Å². The van der Waals surface area contributed by atoms with E-state index < -0.39 is 10.2 Å². The molecule has 0 aromatic carbocycles. The molecule has 0 bridgehead atoms. The van der Waals surface area contributed by atoms with Crippen molar-refractivity contribution in [1.29, 1.82) is 0 Å². The normalized spacial score (nSPS) is 19.7. The molecule has 1 aliphatic heterocycles. The van der Waals surface area contributed by atoms with Crippen LogP contribution in [0.4, 0.5) is 0 Å². The minimum Gasteiger partial charge on any atom is -0.314 e. The molecule has 0 atom stereocenters. The average Bonchev–Trinajstić information content (AvgIpc) is 2.27. The van der Waals surface area contributed by atoms with E-state index in [-0.39, 0.29) is 0 Å². The van der Waals surface area contributed by atoms with Crippen LogP contribution in [0.5, 0.6) is 0 Å². The van der Waals surface area contributed by atoms with E-state index in [1.165, 1.54) is 11.4 Å². The van der Waals surface area contributed by atoms with Crippen molar-refractivity contribution in [3.8, 4) is 0 Å². The number of nitrogens with one attached hydrogen (secondary N) is 2. The Morgan fingerprint density at radius 3 is 2.53 bits per heavy atom. The second-order valence-corrected chi connectivity index (χ2v) is 5.60. The summed E-state index contributed by atoms with van der Waals surface area (Å²) in [6.45, 7) is 5.29. The van der Waals surface area contributed by atoms with Gasteiger partial charge in [-0.15, -0.1) is 0 Å². The van der Waals surface area contributed by atoms with Crippen molar-refractivity contribution in [2.24, 2.45) is 0 Å². The first-order chi connectivity index (χ1) is 7.06. The first-order valence-corrected chi connectivity index (χ1v) is 6.58. The van der Waals surface area contributed by atoms with E-state index in [2.05, 4.69) is 14.9 Å². The van der Waals surface area contributed by atoms with E-state index in [4.69, 9.17) is 0 Å². The van der Waals surface area contributed by atoms with Crippen molar-refractivity contribution in [3.63, 3.8) is 0 Å². The highest BCUT2D eigenvalue weighted by atomic mass is 32.2. The van der Waals surface area contributed by atoms with Gasteiger partial charge < -0.3 is 5.32 Å². The lowest BCUT2D eigenvalue weighted by atomic mass is 10.3. The summed E-state index contributed by atoms with van der Waals surface area (Å²) in [6, 6.07) is 0. The van der Waals surface area contributed by atoms with Gasteiger partial charge in [-0.3, -0.25) is 4.90 Å². The third-order valence-corrected chi connectivity index (χ3v) is 4.13. The molecule has 0 saturated carbocycles. The Kier molecular flexibility index (Phi) is 4.94. The topological polar surface area (TPSA) is 64.7 Å². The fourth-order valence-corrected chi connectivity index (χ4v) is 2.13. The average molecular weight is 236 g/mol. The van der Waals surface area contributed by atoms with Gasteiger partial charge in [-0.05, 0) is 0 Å². The number of nitrogens with zero attached hydrogens (tertiary/aromatic N) is 2. The lowest BCUT2D eigenvalue weighted by Gasteiger charge is -2.28. The van der Waals surface area contributed by atoms with E-state index in [0.29, 0.717) is 6.54 Å². The number of hydrogen-bond acceptors (Lipinski definition) is 4. The zero-order valence-electron chi connectivity index (χ0n) is 9.36. The fraction of sp³-hybridized carbons (Fsp3) is 1.00. The Labute approximate surface area is 91.8 Å². The van der Waals surface area contributed by atoms with Gasteiger partial charge in [-0.1, -0.05) is 0 Å². The van der Waals surface area contributed by atoms with Crippen LogP contribution in [-0.4, -0.2) is 71.0 Å². The molecule has 0 amide bonds. The summed E-state index contributed by atoms with van der Waals surface area (Å²) >= 11 is 0. The third-order valence-electron chi connectivity index (χ3n) is 2.61. The zero-order chi connectivity index (χ0) is 11.3. The molecule has 90 valence electrons. The predicted molar refractivity (Wildman–Crippen MR) is 59.9 cm³/mol. The Hall–Kier alpha value is -0.210. The summed E-state index contributed by atoms with van der Waals surface area (Å²) in [5.74, 6) is 0. The fourth-order valence-electron chi connectivity index (χ4n) is 1.49. The van der Waals surface area contributed by atoms with Gasteiger partial charge in [0.2, 0.25) is 0 Å². The quantitative estimate of drug-likeness (QED) is 0.596. The van der Waals surface area contributed by atoms with Crippen LogP contribution in [0.3, 0.4) is 0 Å². The van der Waals surface area contributed by atoms with Gasteiger partial charge in [0.1, 0.15) is 0 Å². The Bertz CT molecular complexity index is 274. The Morgan fingerprint density at radius 2 is 2.00 bits per heavy atom. The maximum absolute atomic E-state index is 11.4. The summed E-state index contributed by atoms with van der Waals surface area (Å²) in [5, 5.41) is 3.26. The molecular weight excluding hydrogens is 216 g/mol. The number of hydrogen-bond donors (Lipinski definition) is 2. The molecule has 0 aromatic rings. The third kappa shape index (κ3) is 4.04. The molecule has 0 unspecified atom stereocenters. The smallest absolute Gasteiger partial charge is 0.278 e. The molecule has 15 heavy (non-hydrogen) atoms. The minimum atomic E-state index is -3.26. The van der Waals surface area contributed by atoms with E-state index in [0.717, 1.165) is 32.7 Å². The molecule has 6 nitrogen and oxygen atoms in total. The number of rotatable bonds is 5. The Morgan fingerprint density at radius 1 is 1.40 bits per heavy atom. The summed E-state index contributed by atoms with van der Waals surface area (Å²) in [6.07, 6.45) is 0. The van der Waals surface area contributed by atoms with E-state index in [9.17, 15) is 8.42 Å². The van der Waals surface area contributed by atoms with E-state index >= 15 is 0 Å². The van der Waals surface area contributed by atoms with Crippen molar-refractivity contribution >= 4 is 10.2 Å². The van der Waals surface area contributed by atoms with Crippen LogP contribution in [0.1, 0.15) is 0 Å². The van der Waals surface area contributed by atoms with Gasteiger partial charge in [-0.2, -0.15) is 12.7 Å². The van der Waals surface area contributed by atoms with Crippen LogP contribution in [0.15, 0.2) is 0 Å². The molecule has 1 rings (SSSR count). The molecule has 2 N–H and O–H groups in total. The van der Waals surface area contributed by atoms with Gasteiger partial charge in [0.15, 0.2) is 0 Å². The summed E-state index contributed by atoms with van der Waals surface area (Å²) in [4.78, 5) is 2.26. The maximum Gasteiger partial charge on any atom is 0.278 e. The second kappa shape index (κ2) is 5.76. The second-order valence-electron chi connectivity index (χ2n) is 3.62. The molecule has 1 fully saturated rings. The summed E-state index contributed by atoms with van der Waals surface area (Å²) < 4.78 is 26.4. The van der Waals surface area contributed by atoms with Gasteiger partial charge in [-0.25, -0.2) is 4.72 Å². The molecule has 7 heteroatoms. The lowest BCUT2D eigenvalue weighted by Crippen LogP contribution is -2.47. The highest BCUT2D eigenvalue weighted by Gasteiger charge is 2.16. The van der Waals surface area contributed by atoms with Crippen molar-refractivity contribution < 1.29 is 8.42 Å². The summed E-state index contributed by atoms with van der Waals surface area (Å²) in [7, 11) is -0.239. The first-order valence-electron chi connectivity index (χ1n) is 5.14. The minimum absolute atomic E-state index is 0.531. The van der Waals surface area contributed by atoms with Crippen LogP contribution in [-0.2, 0) is 10.2 Å². The maximum atomic E-state index is 11.4. The first kappa shape index (κ1) is 12.9. The van der Waals surface area contributed by atoms with Crippen LogP contribution < -0.4 is 10.0 Å². The molecule has 1 saturated heterocycles. The Balaban J connectivity index is 2.30. The summed E-state index contributed by atoms with van der Waals surface area (Å²) in [5.41, 5.74) is 0. The van der Waals surface area contributed by atoms with Crippen molar-refractivity contribution in [2.45, 2.75) is 0 Å². The van der Waals surface area contributed by atoms with Crippen LogP contribution in [0, 0.1) is 0 Å². The highest BCUT2D eigenvalue weighted by molar-refractivity contribution is 7.87. The molecular formula is C8H20N4O2S. The standard InChI is InChI=1S/C8H20N4O2S/c1-9-15(13,14)11(2)7-8-12-5-3-10-4-6-12/h9-10H,3-8H2,1-2H3. The van der Waals surface area contributed by atoms with Crippen molar-refractivity contribution in [2.75, 3.05) is 53.4 Å². The van der Waals surface area contributed by atoms with E-state index in [1.807, 2.05) is 0 Å². The highest BCUT2D eigenvalue weighted by Crippen LogP contribution is 1.96. The van der Waals surface area contributed by atoms with E-state index in [1.54, 1.807) is 7.05 Å². The number of likely N-dealkylation sites (N-methyl/N-ethyl adjacent to an activating group) is 1. The molecule has 0 radical (unpaired) electrons. The molecule has 1 heterocycles. The van der Waals surface area contributed by atoms with Gasteiger partial charge in [0.05, 0.1) is 0 Å². The largest absolute Gasteiger partial charge is 0.314 e. The van der Waals surface area contributed by atoms with Crippen LogP contribution >= 0.6 is 0 Å². The zero-order valence-corrected chi connectivity index (χ0v) is 10.2. The molecule has 0 aromatic heterocycles. The number of piperazine rings is 1. The molecule has 1 aliphatic rings.